The normalized spacial score (nSPS) is 11.1. The number of hydrogen-bond donors (Lipinski definition) is 1. The molecular formula is C11H25NaO3S. The summed E-state index contributed by atoms with van der Waals surface area (Å²) in [6.45, 7) is 2.20. The van der Waals surface area contributed by atoms with Crippen LogP contribution in [0.1, 0.15) is 66.1 Å². The van der Waals surface area contributed by atoms with E-state index in [0.717, 1.165) is 12.8 Å². The molecule has 0 aliphatic carbocycles. The zero-order valence-corrected chi connectivity index (χ0v) is 13.6. The molecule has 94 valence electrons. The standard InChI is InChI=1S/C11H24O3S.Na.H/c1-2-3-4-5-6-7-8-9-10-11-15(12,13)14;;/h2-11H2,1H3,(H,12,13,14);;/q;+1;-1. The molecular weight excluding hydrogens is 235 g/mol. The summed E-state index contributed by atoms with van der Waals surface area (Å²) in [6.07, 6.45) is 10.2. The van der Waals surface area contributed by atoms with Gasteiger partial charge in [0.05, 0.1) is 5.75 Å². The van der Waals surface area contributed by atoms with E-state index in [1.165, 1.54) is 38.5 Å². The van der Waals surface area contributed by atoms with E-state index in [-0.39, 0.29) is 36.7 Å². The predicted octanol–water partition coefficient (Wildman–Crippen LogP) is 0.522. The van der Waals surface area contributed by atoms with Gasteiger partial charge < -0.3 is 1.43 Å². The van der Waals surface area contributed by atoms with Gasteiger partial charge in [0.1, 0.15) is 0 Å². The van der Waals surface area contributed by atoms with Gasteiger partial charge >= 0.3 is 29.6 Å². The monoisotopic (exact) mass is 260 g/mol. The van der Waals surface area contributed by atoms with Crippen LogP contribution >= 0.6 is 0 Å². The molecule has 0 aromatic carbocycles. The minimum atomic E-state index is -3.73. The van der Waals surface area contributed by atoms with Crippen LogP contribution in [-0.2, 0) is 10.1 Å². The van der Waals surface area contributed by atoms with Gasteiger partial charge in [0, 0.05) is 0 Å². The van der Waals surface area contributed by atoms with Crippen LogP contribution in [0.3, 0.4) is 0 Å². The van der Waals surface area contributed by atoms with E-state index in [2.05, 4.69) is 6.92 Å². The van der Waals surface area contributed by atoms with Crippen molar-refractivity contribution in [3.05, 3.63) is 0 Å². The fourth-order valence-electron chi connectivity index (χ4n) is 1.60. The minimum absolute atomic E-state index is 0. The summed E-state index contributed by atoms with van der Waals surface area (Å²) >= 11 is 0. The fourth-order valence-corrected chi connectivity index (χ4v) is 2.16. The number of rotatable bonds is 10. The van der Waals surface area contributed by atoms with Gasteiger partial charge in [-0.25, -0.2) is 0 Å². The van der Waals surface area contributed by atoms with Crippen molar-refractivity contribution < 1.29 is 44.0 Å². The van der Waals surface area contributed by atoms with Gasteiger partial charge in [0.2, 0.25) is 0 Å². The quantitative estimate of drug-likeness (QED) is 0.354. The molecule has 5 heteroatoms. The van der Waals surface area contributed by atoms with Crippen LogP contribution in [-0.4, -0.2) is 18.7 Å². The smallest absolute Gasteiger partial charge is 1.00 e. The van der Waals surface area contributed by atoms with Gasteiger partial charge in [0.15, 0.2) is 0 Å². The summed E-state index contributed by atoms with van der Waals surface area (Å²) in [4.78, 5) is 0. The first-order valence-electron chi connectivity index (χ1n) is 6.01. The van der Waals surface area contributed by atoms with Gasteiger partial charge in [-0.05, 0) is 6.42 Å². The van der Waals surface area contributed by atoms with Gasteiger partial charge in [-0.3, -0.25) is 4.55 Å². The Labute approximate surface area is 124 Å². The number of unbranched alkanes of at least 4 members (excludes halogenated alkanes) is 8. The first-order chi connectivity index (χ1) is 7.06. The molecule has 3 nitrogen and oxygen atoms in total. The molecule has 0 heterocycles. The molecule has 0 aromatic rings. The van der Waals surface area contributed by atoms with E-state index in [1.54, 1.807) is 0 Å². The second-order valence-electron chi connectivity index (χ2n) is 4.11. The first-order valence-corrected chi connectivity index (χ1v) is 7.62. The minimum Gasteiger partial charge on any atom is -1.00 e. The molecule has 0 rings (SSSR count). The van der Waals surface area contributed by atoms with Gasteiger partial charge in [-0.1, -0.05) is 58.3 Å². The first kappa shape index (κ1) is 19.3. The molecule has 1 N–H and O–H groups in total. The molecule has 0 aliphatic heterocycles. The van der Waals surface area contributed by atoms with Crippen molar-refractivity contribution in [1.29, 1.82) is 0 Å². The van der Waals surface area contributed by atoms with E-state index in [9.17, 15) is 8.42 Å². The molecule has 0 bridgehead atoms. The molecule has 0 spiro atoms. The Bertz CT molecular complexity index is 233. The van der Waals surface area contributed by atoms with Crippen LogP contribution in [0.15, 0.2) is 0 Å². The molecule has 0 radical (unpaired) electrons. The molecule has 0 fully saturated rings. The summed E-state index contributed by atoms with van der Waals surface area (Å²) < 4.78 is 29.3. The molecule has 0 aromatic heterocycles. The third-order valence-corrected chi connectivity index (χ3v) is 3.31. The van der Waals surface area contributed by atoms with Gasteiger partial charge in [-0.2, -0.15) is 8.42 Å². The van der Waals surface area contributed by atoms with E-state index >= 15 is 0 Å². The molecule has 0 atom stereocenters. The summed E-state index contributed by atoms with van der Waals surface area (Å²) in [5.41, 5.74) is 0. The van der Waals surface area contributed by atoms with Crippen molar-refractivity contribution >= 4 is 10.1 Å². The SMILES string of the molecule is CCCCCCCCCCCS(=O)(=O)O.[H-].[Na+]. The summed E-state index contributed by atoms with van der Waals surface area (Å²) in [6, 6.07) is 0. The van der Waals surface area contributed by atoms with Crippen LogP contribution < -0.4 is 29.6 Å². The van der Waals surface area contributed by atoms with E-state index in [0.29, 0.717) is 6.42 Å². The van der Waals surface area contributed by atoms with Crippen molar-refractivity contribution in [2.75, 3.05) is 5.75 Å². The third kappa shape index (κ3) is 17.3. The molecule has 0 unspecified atom stereocenters. The predicted molar refractivity (Wildman–Crippen MR) is 64.8 cm³/mol. The Morgan fingerprint density at radius 1 is 0.875 bits per heavy atom. The topological polar surface area (TPSA) is 54.4 Å². The Balaban J connectivity index is -0.000000980. The van der Waals surface area contributed by atoms with Crippen molar-refractivity contribution in [3.63, 3.8) is 0 Å². The summed E-state index contributed by atoms with van der Waals surface area (Å²) in [5.74, 6) is -0.0805. The van der Waals surface area contributed by atoms with Crippen LogP contribution in [0.25, 0.3) is 0 Å². The van der Waals surface area contributed by atoms with E-state index in [1.807, 2.05) is 0 Å². The Hall–Kier alpha value is 0.910. The third-order valence-electron chi connectivity index (χ3n) is 2.51. The largest absolute Gasteiger partial charge is 1.00 e. The maximum absolute atomic E-state index is 10.4. The Kier molecular flexibility index (Phi) is 14.9. The maximum atomic E-state index is 10.4. The Morgan fingerprint density at radius 2 is 1.25 bits per heavy atom. The average molecular weight is 260 g/mol. The Morgan fingerprint density at radius 3 is 1.62 bits per heavy atom. The van der Waals surface area contributed by atoms with E-state index < -0.39 is 10.1 Å². The van der Waals surface area contributed by atoms with Gasteiger partial charge in [-0.15, -0.1) is 0 Å². The molecule has 0 amide bonds. The van der Waals surface area contributed by atoms with E-state index in [4.69, 9.17) is 4.55 Å². The summed E-state index contributed by atoms with van der Waals surface area (Å²) in [5, 5.41) is 0. The fraction of sp³-hybridized carbons (Fsp3) is 1.00. The second kappa shape index (κ2) is 12.4. The molecule has 16 heavy (non-hydrogen) atoms. The number of hydrogen-bond acceptors (Lipinski definition) is 2. The van der Waals surface area contributed by atoms with Crippen molar-refractivity contribution in [3.8, 4) is 0 Å². The molecule has 0 saturated carbocycles. The summed E-state index contributed by atoms with van der Waals surface area (Å²) in [7, 11) is -3.73. The molecule has 0 saturated heterocycles. The van der Waals surface area contributed by atoms with Crippen LogP contribution in [0, 0.1) is 0 Å². The van der Waals surface area contributed by atoms with Crippen molar-refractivity contribution in [1.82, 2.24) is 0 Å². The zero-order valence-electron chi connectivity index (χ0n) is 11.7. The van der Waals surface area contributed by atoms with Crippen LogP contribution in [0.4, 0.5) is 0 Å². The van der Waals surface area contributed by atoms with Crippen LogP contribution in [0.5, 0.6) is 0 Å². The average Bonchev–Trinajstić information content (AvgIpc) is 2.14. The second-order valence-corrected chi connectivity index (χ2v) is 5.69. The van der Waals surface area contributed by atoms with Crippen molar-refractivity contribution in [2.45, 2.75) is 64.7 Å². The zero-order chi connectivity index (χ0) is 11.6. The maximum Gasteiger partial charge on any atom is 1.00 e. The van der Waals surface area contributed by atoms with Gasteiger partial charge in [0.25, 0.3) is 10.1 Å². The van der Waals surface area contributed by atoms with Crippen molar-refractivity contribution in [2.24, 2.45) is 0 Å². The molecule has 0 aliphatic rings. The van der Waals surface area contributed by atoms with Crippen LogP contribution in [0.2, 0.25) is 0 Å².